The maximum atomic E-state index is 11.3. The van der Waals surface area contributed by atoms with Crippen molar-refractivity contribution in [2.75, 3.05) is 11.5 Å². The number of carboxylic acid groups (broad SMARTS) is 1. The Bertz CT molecular complexity index is 441. The first-order chi connectivity index (χ1) is 8.65. The van der Waals surface area contributed by atoms with Crippen LogP contribution in [0.15, 0.2) is 24.8 Å². The molecule has 0 aliphatic heterocycles. The van der Waals surface area contributed by atoms with Crippen molar-refractivity contribution in [3.8, 4) is 0 Å². The van der Waals surface area contributed by atoms with Gasteiger partial charge in [-0.15, -0.1) is 6.58 Å². The third kappa shape index (κ3) is 3.24. The fourth-order valence-corrected chi connectivity index (χ4v) is 2.45. The van der Waals surface area contributed by atoms with Crippen LogP contribution < -0.4 is 0 Å². The van der Waals surface area contributed by atoms with Gasteiger partial charge in [-0.25, -0.2) is 4.79 Å². The zero-order valence-corrected chi connectivity index (χ0v) is 10.6. The zero-order chi connectivity index (χ0) is 13.5. The number of aldehydes is 1. The number of carboxylic acids is 1. The Labute approximate surface area is 109 Å². The number of nitrogens with zero attached hydrogens (tertiary/aromatic N) is 1. The van der Waals surface area contributed by atoms with Crippen molar-refractivity contribution in [3.63, 3.8) is 0 Å². The Balaban J connectivity index is 3.03. The molecule has 2 N–H and O–H groups in total. The summed E-state index contributed by atoms with van der Waals surface area (Å²) in [5.41, 5.74) is 0.675. The molecule has 1 atom stereocenters. The second-order valence-electron chi connectivity index (χ2n) is 3.58. The Kier molecular flexibility index (Phi) is 5.67. The van der Waals surface area contributed by atoms with Gasteiger partial charge in [-0.2, -0.15) is 11.8 Å². The molecule has 0 bridgehead atoms. The molecule has 0 fully saturated rings. The highest BCUT2D eigenvalue weighted by Crippen LogP contribution is 2.21. The third-order valence-electron chi connectivity index (χ3n) is 2.42. The lowest BCUT2D eigenvalue weighted by Gasteiger charge is -2.18. The predicted molar refractivity (Wildman–Crippen MR) is 69.9 cm³/mol. The molecule has 5 nitrogen and oxygen atoms in total. The molecule has 1 aromatic heterocycles. The summed E-state index contributed by atoms with van der Waals surface area (Å²) in [6.07, 6.45) is 2.28. The van der Waals surface area contributed by atoms with E-state index in [1.807, 2.05) is 0 Å². The van der Waals surface area contributed by atoms with E-state index in [0.717, 1.165) is 0 Å². The first-order valence-corrected chi connectivity index (χ1v) is 6.48. The van der Waals surface area contributed by atoms with Crippen molar-refractivity contribution in [1.29, 1.82) is 0 Å². The van der Waals surface area contributed by atoms with Crippen LogP contribution in [0.3, 0.4) is 0 Å². The highest BCUT2D eigenvalue weighted by Gasteiger charge is 2.23. The largest absolute Gasteiger partial charge is 0.480 e. The van der Waals surface area contributed by atoms with E-state index in [9.17, 15) is 19.8 Å². The van der Waals surface area contributed by atoms with E-state index in [1.54, 1.807) is 12.1 Å². The molecule has 0 spiro atoms. The molecule has 0 aliphatic carbocycles. The van der Waals surface area contributed by atoms with Crippen LogP contribution in [0.4, 0.5) is 0 Å². The smallest absolute Gasteiger partial charge is 0.327 e. The van der Waals surface area contributed by atoms with E-state index in [1.165, 1.54) is 22.4 Å². The average Bonchev–Trinajstić information content (AvgIpc) is 2.76. The molecule has 0 aromatic carbocycles. The van der Waals surface area contributed by atoms with E-state index < -0.39 is 12.0 Å². The lowest BCUT2D eigenvalue weighted by atomic mass is 10.3. The fourth-order valence-electron chi connectivity index (χ4n) is 1.63. The van der Waals surface area contributed by atoms with Crippen molar-refractivity contribution in [2.45, 2.75) is 12.6 Å². The molecule has 0 saturated heterocycles. The van der Waals surface area contributed by atoms with Crippen molar-refractivity contribution < 1.29 is 19.8 Å². The molecule has 18 heavy (non-hydrogen) atoms. The molecular formula is C12H15NO4S. The number of thioether (sulfide) groups is 1. The quantitative estimate of drug-likeness (QED) is 0.423. The Hall–Kier alpha value is -1.53. The minimum absolute atomic E-state index is 0.255. The number of carbonyl (C=O) groups is 2. The summed E-state index contributed by atoms with van der Waals surface area (Å²) in [4.78, 5) is 22.2. The van der Waals surface area contributed by atoms with Gasteiger partial charge in [0.25, 0.3) is 0 Å². The SMILES string of the molecule is C=CCSCC(C(=O)O)n1c(C=O)ccc1CO. The highest BCUT2D eigenvalue weighted by molar-refractivity contribution is 7.99. The normalized spacial score (nSPS) is 12.1. The van der Waals surface area contributed by atoms with Crippen molar-refractivity contribution in [2.24, 2.45) is 0 Å². The topological polar surface area (TPSA) is 79.5 Å². The van der Waals surface area contributed by atoms with E-state index in [0.29, 0.717) is 23.5 Å². The third-order valence-corrected chi connectivity index (χ3v) is 3.45. The van der Waals surface area contributed by atoms with Gasteiger partial charge >= 0.3 is 5.97 Å². The minimum Gasteiger partial charge on any atom is -0.480 e. The summed E-state index contributed by atoms with van der Waals surface area (Å²) in [5, 5.41) is 18.4. The summed E-state index contributed by atoms with van der Waals surface area (Å²) in [5.74, 6) is -0.0830. The molecule has 98 valence electrons. The molecule has 6 heteroatoms. The van der Waals surface area contributed by atoms with Crippen LogP contribution in [-0.4, -0.2) is 38.5 Å². The minimum atomic E-state index is -1.03. The second kappa shape index (κ2) is 7.03. The lowest BCUT2D eigenvalue weighted by molar-refractivity contribution is -0.140. The van der Waals surface area contributed by atoms with Crippen LogP contribution in [0, 0.1) is 0 Å². The molecule has 1 heterocycles. The van der Waals surface area contributed by atoms with Gasteiger partial charge in [-0.1, -0.05) is 6.08 Å². The summed E-state index contributed by atoms with van der Waals surface area (Å²) in [7, 11) is 0. The van der Waals surface area contributed by atoms with Gasteiger partial charge < -0.3 is 14.8 Å². The van der Waals surface area contributed by atoms with E-state index in [4.69, 9.17) is 0 Å². The second-order valence-corrected chi connectivity index (χ2v) is 4.65. The molecule has 0 saturated carbocycles. The molecule has 1 unspecified atom stereocenters. The Morgan fingerprint density at radius 1 is 1.56 bits per heavy atom. The van der Waals surface area contributed by atoms with Gasteiger partial charge in [0, 0.05) is 17.2 Å². The fraction of sp³-hybridized carbons (Fsp3) is 0.333. The number of aliphatic carboxylic acids is 1. The van der Waals surface area contributed by atoms with Crippen LogP contribution in [0.1, 0.15) is 22.2 Å². The number of aliphatic hydroxyl groups is 1. The van der Waals surface area contributed by atoms with E-state index in [-0.39, 0.29) is 12.3 Å². The Morgan fingerprint density at radius 2 is 2.28 bits per heavy atom. The highest BCUT2D eigenvalue weighted by atomic mass is 32.2. The first-order valence-electron chi connectivity index (χ1n) is 5.33. The molecule has 0 aliphatic rings. The first kappa shape index (κ1) is 14.5. The molecule has 0 radical (unpaired) electrons. The summed E-state index contributed by atoms with van der Waals surface area (Å²) in [6.45, 7) is 3.26. The van der Waals surface area contributed by atoms with Crippen molar-refractivity contribution >= 4 is 24.0 Å². The van der Waals surface area contributed by atoms with Crippen LogP contribution in [0.5, 0.6) is 0 Å². The van der Waals surface area contributed by atoms with Gasteiger partial charge in [0.2, 0.25) is 0 Å². The molecule has 1 aromatic rings. The van der Waals surface area contributed by atoms with Gasteiger partial charge in [-0.05, 0) is 12.1 Å². The van der Waals surface area contributed by atoms with Gasteiger partial charge in [0.1, 0.15) is 6.04 Å². The number of hydrogen-bond acceptors (Lipinski definition) is 4. The maximum Gasteiger partial charge on any atom is 0.327 e. The van der Waals surface area contributed by atoms with Crippen LogP contribution in [0.25, 0.3) is 0 Å². The molecule has 1 rings (SSSR count). The van der Waals surface area contributed by atoms with Crippen molar-refractivity contribution in [1.82, 2.24) is 4.57 Å². The zero-order valence-electron chi connectivity index (χ0n) is 9.78. The lowest BCUT2D eigenvalue weighted by Crippen LogP contribution is -2.25. The number of hydrogen-bond donors (Lipinski definition) is 2. The summed E-state index contributed by atoms with van der Waals surface area (Å²) >= 11 is 1.41. The van der Waals surface area contributed by atoms with Gasteiger partial charge in [0.15, 0.2) is 6.29 Å². The number of aliphatic hydroxyl groups excluding tert-OH is 1. The Morgan fingerprint density at radius 3 is 2.78 bits per heavy atom. The van der Waals surface area contributed by atoms with E-state index >= 15 is 0 Å². The van der Waals surface area contributed by atoms with Crippen LogP contribution in [0.2, 0.25) is 0 Å². The van der Waals surface area contributed by atoms with Gasteiger partial charge in [-0.3, -0.25) is 4.79 Å². The monoisotopic (exact) mass is 269 g/mol. The molecule has 0 amide bonds. The maximum absolute atomic E-state index is 11.3. The number of carbonyl (C=O) groups excluding carboxylic acids is 1. The van der Waals surface area contributed by atoms with Crippen LogP contribution >= 0.6 is 11.8 Å². The average molecular weight is 269 g/mol. The van der Waals surface area contributed by atoms with Crippen LogP contribution in [-0.2, 0) is 11.4 Å². The predicted octanol–water partition coefficient (Wildman–Crippen LogP) is 1.34. The number of aromatic nitrogens is 1. The standard InChI is InChI=1S/C12H15NO4S/c1-2-5-18-8-11(12(16)17)13-9(6-14)3-4-10(13)7-15/h2-4,6,11,15H,1,5,7-8H2,(H,16,17). The van der Waals surface area contributed by atoms with E-state index in [2.05, 4.69) is 6.58 Å². The van der Waals surface area contributed by atoms with Gasteiger partial charge in [0.05, 0.1) is 12.3 Å². The summed E-state index contributed by atoms with van der Waals surface area (Å²) in [6, 6.07) is 2.19. The summed E-state index contributed by atoms with van der Waals surface area (Å²) < 4.78 is 1.37. The number of rotatable bonds is 8. The van der Waals surface area contributed by atoms with Crippen molar-refractivity contribution in [3.05, 3.63) is 36.2 Å². The molecular weight excluding hydrogens is 254 g/mol.